The van der Waals surface area contributed by atoms with Crippen LogP contribution < -0.4 is 19.5 Å². The van der Waals surface area contributed by atoms with Gasteiger partial charge in [0.05, 0.1) is 31.9 Å². The quantitative estimate of drug-likeness (QED) is 0.587. The van der Waals surface area contributed by atoms with E-state index in [-0.39, 0.29) is 5.91 Å². The van der Waals surface area contributed by atoms with Gasteiger partial charge in [0.1, 0.15) is 0 Å². The lowest BCUT2D eigenvalue weighted by Crippen LogP contribution is -2.07. The number of nitrogens with zero attached hydrogens (tertiary/aromatic N) is 1. The van der Waals surface area contributed by atoms with Crippen LogP contribution in [0.2, 0.25) is 0 Å². The molecule has 1 aromatic carbocycles. The number of hydrogen-bond donors (Lipinski definition) is 1. The average molecular weight is 402 g/mol. The van der Waals surface area contributed by atoms with Gasteiger partial charge in [0.25, 0.3) is 0 Å². The minimum Gasteiger partial charge on any atom is -0.493 e. The zero-order valence-electron chi connectivity index (χ0n) is 15.0. The van der Waals surface area contributed by atoms with Crippen LogP contribution in [0.1, 0.15) is 5.56 Å². The zero-order chi connectivity index (χ0) is 19.2. The maximum Gasteiger partial charge on any atom is 0.250 e. The van der Waals surface area contributed by atoms with Crippen molar-refractivity contribution in [1.82, 2.24) is 4.98 Å². The highest BCUT2D eigenvalue weighted by Crippen LogP contribution is 2.38. The topological polar surface area (TPSA) is 69.7 Å². The first kappa shape index (κ1) is 18.9. The number of ether oxygens (including phenoxy) is 3. The lowest BCUT2D eigenvalue weighted by Gasteiger charge is -2.12. The number of benzene rings is 1. The Morgan fingerprint density at radius 3 is 2.44 bits per heavy atom. The molecule has 140 valence electrons. The Bertz CT molecular complexity index is 924. The molecule has 0 saturated carbocycles. The summed E-state index contributed by atoms with van der Waals surface area (Å²) in [6.07, 6.45) is 3.11. The van der Waals surface area contributed by atoms with E-state index in [1.54, 1.807) is 50.9 Å². The second-order valence-electron chi connectivity index (χ2n) is 5.30. The highest BCUT2D eigenvalue weighted by Gasteiger charge is 2.12. The van der Waals surface area contributed by atoms with E-state index in [2.05, 4.69) is 10.3 Å². The van der Waals surface area contributed by atoms with Gasteiger partial charge in [0, 0.05) is 11.5 Å². The fraction of sp³-hybridized carbons (Fsp3) is 0.158. The molecule has 0 radical (unpaired) electrons. The molecule has 3 aromatic rings. The second-order valence-corrected chi connectivity index (χ2v) is 7.10. The molecule has 0 aliphatic heterocycles. The number of rotatable bonds is 7. The van der Waals surface area contributed by atoms with Crippen molar-refractivity contribution in [2.45, 2.75) is 0 Å². The first-order valence-corrected chi connectivity index (χ1v) is 9.69. The van der Waals surface area contributed by atoms with E-state index >= 15 is 0 Å². The van der Waals surface area contributed by atoms with Crippen molar-refractivity contribution in [3.05, 3.63) is 46.7 Å². The van der Waals surface area contributed by atoms with Crippen LogP contribution in [0.4, 0.5) is 5.13 Å². The summed E-state index contributed by atoms with van der Waals surface area (Å²) >= 11 is 3.00. The van der Waals surface area contributed by atoms with E-state index in [1.807, 2.05) is 22.9 Å². The Kier molecular flexibility index (Phi) is 6.10. The standard InChI is InChI=1S/C19H18N2O4S2/c1-23-14-9-12(10-15(24-2)18(14)25-3)6-7-17(22)21-19-20-13(11-27-19)16-5-4-8-26-16/h4-11H,1-3H3,(H,20,21,22)/b7-6+. The van der Waals surface area contributed by atoms with Gasteiger partial charge in [-0.2, -0.15) is 0 Å². The molecule has 2 aromatic heterocycles. The van der Waals surface area contributed by atoms with Gasteiger partial charge < -0.3 is 14.2 Å². The van der Waals surface area contributed by atoms with Crippen molar-refractivity contribution in [2.75, 3.05) is 26.6 Å². The monoisotopic (exact) mass is 402 g/mol. The molecule has 27 heavy (non-hydrogen) atoms. The van der Waals surface area contributed by atoms with E-state index in [9.17, 15) is 4.79 Å². The number of anilines is 1. The molecule has 8 heteroatoms. The third-order valence-electron chi connectivity index (χ3n) is 3.62. The van der Waals surface area contributed by atoms with E-state index in [0.717, 1.165) is 16.1 Å². The molecule has 0 saturated heterocycles. The summed E-state index contributed by atoms with van der Waals surface area (Å²) in [5.41, 5.74) is 1.61. The summed E-state index contributed by atoms with van der Waals surface area (Å²) in [5.74, 6) is 1.29. The van der Waals surface area contributed by atoms with Gasteiger partial charge in [0.15, 0.2) is 16.6 Å². The van der Waals surface area contributed by atoms with Crippen LogP contribution >= 0.6 is 22.7 Å². The van der Waals surface area contributed by atoms with Gasteiger partial charge in [-0.1, -0.05) is 6.07 Å². The largest absolute Gasteiger partial charge is 0.493 e. The molecule has 0 aliphatic rings. The van der Waals surface area contributed by atoms with Gasteiger partial charge in [-0.25, -0.2) is 4.98 Å². The Morgan fingerprint density at radius 2 is 1.85 bits per heavy atom. The van der Waals surface area contributed by atoms with Crippen LogP contribution in [0.3, 0.4) is 0 Å². The maximum absolute atomic E-state index is 12.2. The summed E-state index contributed by atoms with van der Waals surface area (Å²) in [6, 6.07) is 7.50. The van der Waals surface area contributed by atoms with Crippen molar-refractivity contribution in [3.63, 3.8) is 0 Å². The third-order valence-corrected chi connectivity index (χ3v) is 5.27. The number of hydrogen-bond acceptors (Lipinski definition) is 7. The molecule has 0 aliphatic carbocycles. The number of carbonyl (C=O) groups excluding carboxylic acids is 1. The Labute approximate surface area is 165 Å². The van der Waals surface area contributed by atoms with Crippen LogP contribution in [0.25, 0.3) is 16.6 Å². The number of nitrogens with one attached hydrogen (secondary N) is 1. The molecule has 0 fully saturated rings. The van der Waals surface area contributed by atoms with Crippen molar-refractivity contribution in [2.24, 2.45) is 0 Å². The molecule has 0 unspecified atom stereocenters. The van der Waals surface area contributed by atoms with Crippen LogP contribution in [-0.4, -0.2) is 32.2 Å². The number of amides is 1. The first-order valence-electron chi connectivity index (χ1n) is 7.93. The first-order chi connectivity index (χ1) is 13.1. The van der Waals surface area contributed by atoms with Gasteiger partial charge in [-0.3, -0.25) is 10.1 Å². The molecule has 0 bridgehead atoms. The molecule has 3 rings (SSSR count). The van der Waals surface area contributed by atoms with Gasteiger partial charge in [0.2, 0.25) is 11.7 Å². The normalized spacial score (nSPS) is 10.8. The number of aromatic nitrogens is 1. The SMILES string of the molecule is COc1cc(/C=C/C(=O)Nc2nc(-c3cccs3)cs2)cc(OC)c1OC. The summed E-state index contributed by atoms with van der Waals surface area (Å²) in [4.78, 5) is 17.7. The van der Waals surface area contributed by atoms with Crippen molar-refractivity contribution < 1.29 is 19.0 Å². The maximum atomic E-state index is 12.2. The molecule has 6 nitrogen and oxygen atoms in total. The lowest BCUT2D eigenvalue weighted by atomic mass is 10.1. The highest BCUT2D eigenvalue weighted by molar-refractivity contribution is 7.16. The van der Waals surface area contributed by atoms with E-state index < -0.39 is 0 Å². The minimum atomic E-state index is -0.268. The smallest absolute Gasteiger partial charge is 0.250 e. The van der Waals surface area contributed by atoms with Crippen molar-refractivity contribution in [1.29, 1.82) is 0 Å². The molecule has 0 spiro atoms. The summed E-state index contributed by atoms with van der Waals surface area (Å²) < 4.78 is 15.9. The summed E-state index contributed by atoms with van der Waals surface area (Å²) in [7, 11) is 4.64. The summed E-state index contributed by atoms with van der Waals surface area (Å²) in [5, 5.41) is 7.24. The van der Waals surface area contributed by atoms with Crippen molar-refractivity contribution in [3.8, 4) is 27.8 Å². The predicted molar refractivity (Wildman–Crippen MR) is 109 cm³/mol. The fourth-order valence-electron chi connectivity index (χ4n) is 2.39. The molecule has 2 heterocycles. The van der Waals surface area contributed by atoms with Crippen LogP contribution in [0.5, 0.6) is 17.2 Å². The number of thiazole rings is 1. The lowest BCUT2D eigenvalue weighted by molar-refractivity contribution is -0.111. The number of methoxy groups -OCH3 is 3. The molecule has 1 amide bonds. The number of carbonyl (C=O) groups is 1. The predicted octanol–water partition coefficient (Wildman–Crippen LogP) is 4.55. The minimum absolute atomic E-state index is 0.268. The van der Waals surface area contributed by atoms with Gasteiger partial charge >= 0.3 is 0 Å². The third kappa shape index (κ3) is 4.47. The van der Waals surface area contributed by atoms with E-state index in [1.165, 1.54) is 17.4 Å². The van der Waals surface area contributed by atoms with Crippen LogP contribution in [-0.2, 0) is 4.79 Å². The Morgan fingerprint density at radius 1 is 1.11 bits per heavy atom. The Hall–Kier alpha value is -2.84. The molecular weight excluding hydrogens is 384 g/mol. The summed E-state index contributed by atoms with van der Waals surface area (Å²) in [6.45, 7) is 0. The van der Waals surface area contributed by atoms with Gasteiger partial charge in [-0.05, 0) is 35.2 Å². The van der Waals surface area contributed by atoms with Crippen molar-refractivity contribution >= 4 is 39.8 Å². The number of thiophene rings is 1. The van der Waals surface area contributed by atoms with Crippen LogP contribution in [0.15, 0.2) is 41.1 Å². The van der Waals surface area contributed by atoms with E-state index in [4.69, 9.17) is 14.2 Å². The molecule has 1 N–H and O–H groups in total. The van der Waals surface area contributed by atoms with E-state index in [0.29, 0.717) is 22.4 Å². The van der Waals surface area contributed by atoms with Gasteiger partial charge in [-0.15, -0.1) is 22.7 Å². The molecule has 0 atom stereocenters. The second kappa shape index (κ2) is 8.70. The zero-order valence-corrected chi connectivity index (χ0v) is 16.6. The highest BCUT2D eigenvalue weighted by atomic mass is 32.1. The molecular formula is C19H18N2O4S2. The average Bonchev–Trinajstić information content (AvgIpc) is 3.37. The Balaban J connectivity index is 1.71. The fourth-order valence-corrected chi connectivity index (χ4v) is 3.86. The van der Waals surface area contributed by atoms with Crippen LogP contribution in [0, 0.1) is 0 Å².